The third kappa shape index (κ3) is 2.73. The van der Waals surface area contributed by atoms with Crippen LogP contribution in [0.1, 0.15) is 22.3 Å². The molecule has 1 aliphatic rings. The van der Waals surface area contributed by atoms with Crippen molar-refractivity contribution in [1.82, 2.24) is 0 Å². The van der Waals surface area contributed by atoms with Crippen LogP contribution in [-0.4, -0.2) is 22.9 Å². The van der Waals surface area contributed by atoms with Crippen LogP contribution < -0.4 is 11.1 Å². The number of amides is 2. The zero-order valence-electron chi connectivity index (χ0n) is 10.3. The fourth-order valence-corrected chi connectivity index (χ4v) is 1.89. The lowest BCUT2D eigenvalue weighted by Crippen LogP contribution is -2.18. The van der Waals surface area contributed by atoms with E-state index in [0.717, 1.165) is 5.56 Å². The molecule has 1 aliphatic carbocycles. The molecule has 19 heavy (non-hydrogen) atoms. The van der Waals surface area contributed by atoms with Gasteiger partial charge in [0.05, 0.1) is 11.8 Å². The number of nitrogens with one attached hydrogen (secondary N) is 1. The van der Waals surface area contributed by atoms with Gasteiger partial charge in [0.2, 0.25) is 11.8 Å². The van der Waals surface area contributed by atoms with Gasteiger partial charge in [-0.1, -0.05) is 6.07 Å². The maximum atomic E-state index is 11.8. The first-order valence-corrected chi connectivity index (χ1v) is 5.84. The van der Waals surface area contributed by atoms with E-state index < -0.39 is 23.7 Å². The smallest absolute Gasteiger partial charge is 0.307 e. The molecule has 0 heterocycles. The number of aryl methyl sites for hydroxylation is 1. The molecular formula is C13H14N2O4. The summed E-state index contributed by atoms with van der Waals surface area (Å²) in [4.78, 5) is 33.6. The number of nitrogens with two attached hydrogens (primary N) is 1. The van der Waals surface area contributed by atoms with Gasteiger partial charge in [-0.15, -0.1) is 0 Å². The van der Waals surface area contributed by atoms with E-state index in [-0.39, 0.29) is 5.91 Å². The van der Waals surface area contributed by atoms with Gasteiger partial charge in [0, 0.05) is 11.3 Å². The number of carbonyl (C=O) groups excluding carboxylic acids is 2. The van der Waals surface area contributed by atoms with Crippen LogP contribution in [0, 0.1) is 18.8 Å². The van der Waals surface area contributed by atoms with Crippen LogP contribution in [0.15, 0.2) is 18.2 Å². The largest absolute Gasteiger partial charge is 0.481 e. The molecular weight excluding hydrogens is 248 g/mol. The SMILES string of the molecule is Cc1ccc(C(N)=O)cc1NC(=O)C1CC1C(=O)O. The standard InChI is InChI=1S/C13H14N2O4/c1-6-2-3-7(11(14)16)4-10(6)15-12(17)8-5-9(8)13(18)19/h2-4,8-9H,5H2,1H3,(H2,14,16)(H,15,17)(H,18,19). The maximum Gasteiger partial charge on any atom is 0.307 e. The Kier molecular flexibility index (Phi) is 3.25. The lowest BCUT2D eigenvalue weighted by atomic mass is 10.1. The zero-order chi connectivity index (χ0) is 14.2. The van der Waals surface area contributed by atoms with E-state index in [1.165, 1.54) is 6.07 Å². The van der Waals surface area contributed by atoms with Crippen molar-refractivity contribution in [2.45, 2.75) is 13.3 Å². The highest BCUT2D eigenvalue weighted by Gasteiger charge is 2.48. The summed E-state index contributed by atoms with van der Waals surface area (Å²) >= 11 is 0. The quantitative estimate of drug-likeness (QED) is 0.743. The van der Waals surface area contributed by atoms with Crippen molar-refractivity contribution >= 4 is 23.5 Å². The van der Waals surface area contributed by atoms with Gasteiger partial charge >= 0.3 is 5.97 Å². The predicted molar refractivity (Wildman–Crippen MR) is 67.6 cm³/mol. The molecule has 6 heteroatoms. The van der Waals surface area contributed by atoms with Crippen molar-refractivity contribution in [3.8, 4) is 0 Å². The summed E-state index contributed by atoms with van der Waals surface area (Å²) in [5, 5.41) is 11.4. The van der Waals surface area contributed by atoms with Gasteiger partial charge in [-0.05, 0) is 31.0 Å². The fraction of sp³-hybridized carbons (Fsp3) is 0.308. The second-order valence-electron chi connectivity index (χ2n) is 4.67. The molecule has 0 saturated heterocycles. The lowest BCUT2D eigenvalue weighted by molar-refractivity contribution is -0.139. The Morgan fingerprint density at radius 2 is 2.00 bits per heavy atom. The number of hydrogen-bond acceptors (Lipinski definition) is 3. The Morgan fingerprint density at radius 1 is 1.32 bits per heavy atom. The number of hydrogen-bond donors (Lipinski definition) is 3. The van der Waals surface area contributed by atoms with Crippen LogP contribution >= 0.6 is 0 Å². The monoisotopic (exact) mass is 262 g/mol. The Labute approximate surface area is 109 Å². The first kappa shape index (κ1) is 13.1. The molecule has 6 nitrogen and oxygen atoms in total. The normalized spacial score (nSPS) is 20.7. The molecule has 2 amide bonds. The van der Waals surface area contributed by atoms with E-state index in [1.807, 2.05) is 0 Å². The van der Waals surface area contributed by atoms with Crippen LogP contribution in [-0.2, 0) is 9.59 Å². The van der Waals surface area contributed by atoms with E-state index in [9.17, 15) is 14.4 Å². The van der Waals surface area contributed by atoms with Crippen molar-refractivity contribution in [3.63, 3.8) is 0 Å². The van der Waals surface area contributed by atoms with E-state index in [0.29, 0.717) is 17.7 Å². The number of benzene rings is 1. The molecule has 1 aromatic carbocycles. The van der Waals surface area contributed by atoms with Crippen LogP contribution in [0.3, 0.4) is 0 Å². The Hall–Kier alpha value is -2.37. The van der Waals surface area contributed by atoms with Gasteiger partial charge in [0.25, 0.3) is 0 Å². The van der Waals surface area contributed by atoms with Crippen molar-refractivity contribution in [2.75, 3.05) is 5.32 Å². The van der Waals surface area contributed by atoms with Gasteiger partial charge in [-0.25, -0.2) is 0 Å². The Bertz CT molecular complexity index is 568. The van der Waals surface area contributed by atoms with E-state index in [4.69, 9.17) is 10.8 Å². The first-order chi connectivity index (χ1) is 8.90. The molecule has 0 bridgehead atoms. The second kappa shape index (κ2) is 4.72. The lowest BCUT2D eigenvalue weighted by Gasteiger charge is -2.09. The summed E-state index contributed by atoms with van der Waals surface area (Å²) in [7, 11) is 0. The molecule has 1 aromatic rings. The minimum absolute atomic E-state index is 0.298. The highest BCUT2D eigenvalue weighted by Crippen LogP contribution is 2.39. The zero-order valence-corrected chi connectivity index (χ0v) is 10.3. The number of carbonyl (C=O) groups is 3. The molecule has 0 spiro atoms. The van der Waals surface area contributed by atoms with Crippen molar-refractivity contribution in [3.05, 3.63) is 29.3 Å². The minimum atomic E-state index is -0.956. The number of aliphatic carboxylic acids is 1. The molecule has 0 aromatic heterocycles. The van der Waals surface area contributed by atoms with E-state index in [1.54, 1.807) is 19.1 Å². The van der Waals surface area contributed by atoms with Gasteiger partial charge < -0.3 is 16.2 Å². The predicted octanol–water partition coefficient (Wildman–Crippen LogP) is 0.753. The summed E-state index contributed by atoms with van der Waals surface area (Å²) in [6, 6.07) is 4.75. The number of carboxylic acids is 1. The third-order valence-corrected chi connectivity index (χ3v) is 3.22. The van der Waals surface area contributed by atoms with Gasteiger partial charge in [-0.3, -0.25) is 14.4 Å². The third-order valence-electron chi connectivity index (χ3n) is 3.22. The summed E-state index contributed by atoms with van der Waals surface area (Å²) < 4.78 is 0. The molecule has 0 aliphatic heterocycles. The second-order valence-corrected chi connectivity index (χ2v) is 4.67. The van der Waals surface area contributed by atoms with Gasteiger partial charge in [0.1, 0.15) is 0 Å². The Morgan fingerprint density at radius 3 is 2.53 bits per heavy atom. The molecule has 2 rings (SSSR count). The van der Waals surface area contributed by atoms with Crippen LogP contribution in [0.2, 0.25) is 0 Å². The summed E-state index contributed by atoms with van der Waals surface area (Å²) in [6.07, 6.45) is 0.357. The maximum absolute atomic E-state index is 11.8. The molecule has 0 radical (unpaired) electrons. The molecule has 1 saturated carbocycles. The molecule has 4 N–H and O–H groups in total. The summed E-state index contributed by atoms with van der Waals surface area (Å²) in [6.45, 7) is 1.78. The number of carboxylic acid groups (broad SMARTS) is 1. The molecule has 2 atom stereocenters. The fourth-order valence-electron chi connectivity index (χ4n) is 1.89. The number of anilines is 1. The van der Waals surface area contributed by atoms with E-state index >= 15 is 0 Å². The van der Waals surface area contributed by atoms with E-state index in [2.05, 4.69) is 5.32 Å². The van der Waals surface area contributed by atoms with Crippen LogP contribution in [0.25, 0.3) is 0 Å². The minimum Gasteiger partial charge on any atom is -0.481 e. The average molecular weight is 262 g/mol. The first-order valence-electron chi connectivity index (χ1n) is 5.84. The van der Waals surface area contributed by atoms with Gasteiger partial charge in [0.15, 0.2) is 0 Å². The molecule has 2 unspecified atom stereocenters. The average Bonchev–Trinajstić information content (AvgIpc) is 3.11. The topological polar surface area (TPSA) is 109 Å². The Balaban J connectivity index is 2.11. The highest BCUT2D eigenvalue weighted by molar-refractivity contribution is 6.00. The van der Waals surface area contributed by atoms with Crippen molar-refractivity contribution in [1.29, 1.82) is 0 Å². The van der Waals surface area contributed by atoms with Gasteiger partial charge in [-0.2, -0.15) is 0 Å². The number of primary amides is 1. The van der Waals surface area contributed by atoms with Crippen molar-refractivity contribution < 1.29 is 19.5 Å². The highest BCUT2D eigenvalue weighted by atomic mass is 16.4. The van der Waals surface area contributed by atoms with Crippen LogP contribution in [0.5, 0.6) is 0 Å². The van der Waals surface area contributed by atoms with Crippen molar-refractivity contribution in [2.24, 2.45) is 17.6 Å². The molecule has 100 valence electrons. The number of rotatable bonds is 4. The van der Waals surface area contributed by atoms with Crippen LogP contribution in [0.4, 0.5) is 5.69 Å². The molecule has 1 fully saturated rings. The summed E-state index contributed by atoms with van der Waals surface area (Å²) in [5.74, 6) is -2.96. The summed E-state index contributed by atoms with van der Waals surface area (Å²) in [5.41, 5.74) is 6.73.